The monoisotopic (exact) mass is 366 g/mol. The second-order valence-corrected chi connectivity index (χ2v) is 7.79. The van der Waals surface area contributed by atoms with E-state index in [2.05, 4.69) is 14.5 Å². The molecule has 7 nitrogen and oxygen atoms in total. The van der Waals surface area contributed by atoms with Crippen LogP contribution in [0.15, 0.2) is 42.9 Å². The van der Waals surface area contributed by atoms with Crippen LogP contribution in [0.1, 0.15) is 37.8 Å². The lowest BCUT2D eigenvalue weighted by Crippen LogP contribution is -2.27. The van der Waals surface area contributed by atoms with E-state index in [4.69, 9.17) is 15.2 Å². The van der Waals surface area contributed by atoms with Crippen LogP contribution in [0.4, 0.5) is 5.82 Å². The quantitative estimate of drug-likeness (QED) is 0.724. The van der Waals surface area contributed by atoms with E-state index in [9.17, 15) is 5.11 Å². The highest BCUT2D eigenvalue weighted by Crippen LogP contribution is 2.51. The third-order valence-electron chi connectivity index (χ3n) is 5.65. The molecule has 0 bridgehead atoms. The highest BCUT2D eigenvalue weighted by atomic mass is 16.8. The molecule has 1 aromatic carbocycles. The molecule has 0 unspecified atom stereocenters. The van der Waals surface area contributed by atoms with Gasteiger partial charge in [-0.15, -0.1) is 0 Å². The largest absolute Gasteiger partial charge is 0.508 e. The minimum atomic E-state index is -0.639. The van der Waals surface area contributed by atoms with Gasteiger partial charge in [-0.05, 0) is 44.0 Å². The van der Waals surface area contributed by atoms with E-state index >= 15 is 0 Å². The van der Waals surface area contributed by atoms with Gasteiger partial charge < -0.3 is 24.9 Å². The first-order valence-electron chi connectivity index (χ1n) is 9.14. The smallest absolute Gasteiger partial charge is 0.163 e. The number of rotatable bonds is 2. The molecule has 0 spiro atoms. The summed E-state index contributed by atoms with van der Waals surface area (Å²) in [5, 5.41) is 10.5. The number of benzene rings is 1. The number of nitrogens with two attached hydrogens (primary N) is 1. The molecule has 140 valence electrons. The fourth-order valence-corrected chi connectivity index (χ4v) is 4.53. The second kappa shape index (κ2) is 5.68. The van der Waals surface area contributed by atoms with E-state index in [-0.39, 0.29) is 29.9 Å². The Balaban J connectivity index is 1.58. The lowest BCUT2D eigenvalue weighted by molar-refractivity contribution is -0.157. The van der Waals surface area contributed by atoms with Crippen LogP contribution in [0.25, 0.3) is 11.0 Å². The number of phenolic OH excluding ortho intramolecular Hbond substituents is 1. The van der Waals surface area contributed by atoms with E-state index < -0.39 is 5.79 Å². The molecule has 27 heavy (non-hydrogen) atoms. The number of aromatic nitrogens is 3. The molecule has 3 heterocycles. The zero-order chi connectivity index (χ0) is 18.8. The van der Waals surface area contributed by atoms with Crippen LogP contribution in [0.2, 0.25) is 0 Å². The van der Waals surface area contributed by atoms with Crippen molar-refractivity contribution in [2.45, 2.75) is 50.2 Å². The Hall–Kier alpha value is -2.64. The Morgan fingerprint density at radius 1 is 1.11 bits per heavy atom. The number of aromatic hydroxyl groups is 1. The summed E-state index contributed by atoms with van der Waals surface area (Å²) in [5.74, 6) is 0.267. The van der Waals surface area contributed by atoms with Crippen LogP contribution < -0.4 is 5.73 Å². The predicted molar refractivity (Wildman–Crippen MR) is 100 cm³/mol. The van der Waals surface area contributed by atoms with Gasteiger partial charge >= 0.3 is 0 Å². The summed E-state index contributed by atoms with van der Waals surface area (Å²) in [4.78, 5) is 8.53. The fraction of sp³-hybridized carbons (Fsp3) is 0.400. The average molecular weight is 366 g/mol. The van der Waals surface area contributed by atoms with Crippen molar-refractivity contribution in [1.82, 2.24) is 14.5 Å². The molecule has 4 atom stereocenters. The second-order valence-electron chi connectivity index (χ2n) is 7.79. The summed E-state index contributed by atoms with van der Waals surface area (Å²) in [6.45, 7) is 3.90. The maximum atomic E-state index is 9.63. The first-order chi connectivity index (χ1) is 12.9. The van der Waals surface area contributed by atoms with Crippen molar-refractivity contribution in [1.29, 1.82) is 0 Å². The van der Waals surface area contributed by atoms with Gasteiger partial charge in [-0.25, -0.2) is 9.97 Å². The standard InChI is InChI=1S/C20H22N4O3/c1-20(2)26-16-14(11-3-5-12(25)6-4-11)9-15(17(16)27-20)24-8-7-13-18(21)22-10-23-19(13)24/h3-8,10,14-17,25H,9H2,1-2H3,(H2,21,22,23)/t14-,15-,16-,17+/m1/s1. The fourth-order valence-electron chi connectivity index (χ4n) is 4.53. The number of nitrogens with zero attached hydrogens (tertiary/aromatic N) is 3. The van der Waals surface area contributed by atoms with E-state index in [0.29, 0.717) is 5.82 Å². The van der Waals surface area contributed by atoms with Crippen molar-refractivity contribution in [2.24, 2.45) is 0 Å². The van der Waals surface area contributed by atoms with Crippen LogP contribution in [0.3, 0.4) is 0 Å². The van der Waals surface area contributed by atoms with Gasteiger partial charge in [0.05, 0.1) is 17.5 Å². The first kappa shape index (κ1) is 16.5. The minimum Gasteiger partial charge on any atom is -0.508 e. The molecule has 5 rings (SSSR count). The van der Waals surface area contributed by atoms with Crippen molar-refractivity contribution < 1.29 is 14.6 Å². The van der Waals surface area contributed by atoms with Gasteiger partial charge in [0.1, 0.15) is 29.6 Å². The average Bonchev–Trinajstić information content (AvgIpc) is 3.27. The molecule has 7 heteroatoms. The van der Waals surface area contributed by atoms with Crippen molar-refractivity contribution in [3.8, 4) is 5.75 Å². The summed E-state index contributed by atoms with van der Waals surface area (Å²) in [5.41, 5.74) is 7.95. The molecule has 1 aliphatic carbocycles. The number of phenols is 1. The molecule has 0 radical (unpaired) electrons. The van der Waals surface area contributed by atoms with Crippen LogP contribution in [-0.2, 0) is 9.47 Å². The molecule has 3 aromatic rings. The molecule has 0 amide bonds. The first-order valence-corrected chi connectivity index (χ1v) is 9.14. The summed E-state index contributed by atoms with van der Waals surface area (Å²) in [6.07, 6.45) is 4.19. The van der Waals surface area contributed by atoms with Crippen LogP contribution in [0, 0.1) is 0 Å². The Labute approximate surface area is 156 Å². The minimum absolute atomic E-state index is 0.0637. The van der Waals surface area contributed by atoms with Crippen LogP contribution in [0.5, 0.6) is 5.75 Å². The van der Waals surface area contributed by atoms with E-state index in [0.717, 1.165) is 23.0 Å². The number of ether oxygens (including phenoxy) is 2. The summed E-state index contributed by atoms with van der Waals surface area (Å²) in [6, 6.07) is 9.38. The molecule has 1 saturated carbocycles. The molecule has 2 aliphatic rings. The summed E-state index contributed by atoms with van der Waals surface area (Å²) < 4.78 is 14.7. The highest BCUT2D eigenvalue weighted by Gasteiger charge is 2.55. The zero-order valence-corrected chi connectivity index (χ0v) is 15.2. The lowest BCUT2D eigenvalue weighted by atomic mass is 9.95. The highest BCUT2D eigenvalue weighted by molar-refractivity contribution is 5.86. The molecule has 2 aromatic heterocycles. The van der Waals surface area contributed by atoms with E-state index in [1.165, 1.54) is 6.33 Å². The van der Waals surface area contributed by atoms with Crippen molar-refractivity contribution in [3.05, 3.63) is 48.4 Å². The van der Waals surface area contributed by atoms with Gasteiger partial charge in [0, 0.05) is 12.1 Å². The zero-order valence-electron chi connectivity index (χ0n) is 15.2. The predicted octanol–water partition coefficient (Wildman–Crippen LogP) is 2.97. The molecule has 2 fully saturated rings. The molecular weight excluding hydrogens is 344 g/mol. The SMILES string of the molecule is CC1(C)O[C@@H]2[C@H](O1)[C@@H](c1ccc(O)cc1)C[C@H]2n1ccc2c(N)ncnc21. The van der Waals surface area contributed by atoms with Gasteiger partial charge in [-0.2, -0.15) is 0 Å². The number of nitrogen functional groups attached to an aromatic ring is 1. The van der Waals surface area contributed by atoms with Crippen molar-refractivity contribution in [2.75, 3.05) is 5.73 Å². The Morgan fingerprint density at radius 2 is 1.85 bits per heavy atom. The van der Waals surface area contributed by atoms with Gasteiger partial charge in [0.2, 0.25) is 0 Å². The Morgan fingerprint density at radius 3 is 2.63 bits per heavy atom. The Bertz CT molecular complexity index is 998. The third kappa shape index (κ3) is 2.57. The summed E-state index contributed by atoms with van der Waals surface area (Å²) >= 11 is 0. The molecular formula is C20H22N4O3. The number of hydrogen-bond donors (Lipinski definition) is 2. The maximum Gasteiger partial charge on any atom is 0.163 e. The van der Waals surface area contributed by atoms with E-state index in [1.807, 2.05) is 38.2 Å². The third-order valence-corrected chi connectivity index (χ3v) is 5.65. The molecule has 1 aliphatic heterocycles. The van der Waals surface area contributed by atoms with Crippen molar-refractivity contribution >= 4 is 16.9 Å². The van der Waals surface area contributed by atoms with E-state index in [1.54, 1.807) is 12.1 Å². The van der Waals surface area contributed by atoms with Crippen LogP contribution >= 0.6 is 0 Å². The molecule has 3 N–H and O–H groups in total. The van der Waals surface area contributed by atoms with Crippen molar-refractivity contribution in [3.63, 3.8) is 0 Å². The van der Waals surface area contributed by atoms with Gasteiger partial charge in [-0.3, -0.25) is 0 Å². The van der Waals surface area contributed by atoms with Gasteiger partial charge in [-0.1, -0.05) is 12.1 Å². The number of hydrogen-bond acceptors (Lipinski definition) is 6. The number of fused-ring (bicyclic) bond motifs is 2. The lowest BCUT2D eigenvalue weighted by Gasteiger charge is -2.24. The summed E-state index contributed by atoms with van der Waals surface area (Å²) in [7, 11) is 0. The molecule has 1 saturated heterocycles. The Kier molecular flexibility index (Phi) is 3.47. The normalized spacial score (nSPS) is 29.3. The maximum absolute atomic E-state index is 9.63. The van der Waals surface area contributed by atoms with Crippen LogP contribution in [-0.4, -0.2) is 37.6 Å². The van der Waals surface area contributed by atoms with Gasteiger partial charge in [0.25, 0.3) is 0 Å². The number of anilines is 1. The topological polar surface area (TPSA) is 95.4 Å². The van der Waals surface area contributed by atoms with Gasteiger partial charge in [0.15, 0.2) is 5.79 Å².